The van der Waals surface area contributed by atoms with E-state index in [9.17, 15) is 4.48 Å². The first-order valence-electron chi connectivity index (χ1n) is 6.70. The second-order valence-corrected chi connectivity index (χ2v) is 5.65. The minimum Gasteiger partial charge on any atom is -0.313 e. The largest absolute Gasteiger partial charge is 0.313 e. The van der Waals surface area contributed by atoms with Crippen LogP contribution < -0.4 is 5.32 Å². The zero-order valence-corrected chi connectivity index (χ0v) is 11.1. The number of rotatable bonds is 7. The molecule has 96 valence electrons. The van der Waals surface area contributed by atoms with Crippen molar-refractivity contribution in [3.8, 4) is 0 Å². The predicted octanol–water partition coefficient (Wildman–Crippen LogP) is 3.14. The number of nitrogens with zero attached hydrogens (tertiary/aromatic N) is 1. The molecule has 1 heterocycles. The Labute approximate surface area is 99.5 Å². The fraction of sp³-hybridized carbons (Fsp3) is 1.00. The van der Waals surface area contributed by atoms with Gasteiger partial charge in [0.15, 0.2) is 0 Å². The Kier molecular flexibility index (Phi) is 5.70. The standard InChI is InChI=1S/C13H27FN2/c1-4-5-6-10-16(14)11-7-12-13(2,3)8-9-15-12/h12,15H,4-11H2,1-3H3. The minimum atomic E-state index is 0.338. The SMILES string of the molecule is CCCCCN(F)CCC1NCCC1(C)C. The smallest absolute Gasteiger partial charge is 0.0305 e. The summed E-state index contributed by atoms with van der Waals surface area (Å²) in [6.07, 6.45) is 5.41. The summed E-state index contributed by atoms with van der Waals surface area (Å²) in [7, 11) is 0. The lowest BCUT2D eigenvalue weighted by atomic mass is 9.83. The van der Waals surface area contributed by atoms with E-state index in [-0.39, 0.29) is 0 Å². The molecule has 0 aliphatic carbocycles. The van der Waals surface area contributed by atoms with Crippen LogP contribution in [0.2, 0.25) is 0 Å². The molecule has 0 saturated carbocycles. The Morgan fingerprint density at radius 1 is 1.31 bits per heavy atom. The molecule has 1 aliphatic heterocycles. The van der Waals surface area contributed by atoms with Crippen LogP contribution in [-0.2, 0) is 0 Å². The van der Waals surface area contributed by atoms with E-state index >= 15 is 0 Å². The summed E-state index contributed by atoms with van der Waals surface area (Å²) < 4.78 is 13.4. The maximum Gasteiger partial charge on any atom is 0.0305 e. The van der Waals surface area contributed by atoms with Gasteiger partial charge in [-0.3, -0.25) is 0 Å². The molecule has 0 bridgehead atoms. The van der Waals surface area contributed by atoms with Crippen LogP contribution in [0.4, 0.5) is 4.48 Å². The van der Waals surface area contributed by atoms with Crippen LogP contribution in [0.5, 0.6) is 0 Å². The van der Waals surface area contributed by atoms with E-state index in [0.29, 0.717) is 24.5 Å². The molecule has 3 heteroatoms. The molecule has 1 atom stereocenters. The van der Waals surface area contributed by atoms with Gasteiger partial charge in [0.05, 0.1) is 0 Å². The van der Waals surface area contributed by atoms with Crippen LogP contribution in [0.25, 0.3) is 0 Å². The predicted molar refractivity (Wildman–Crippen MR) is 67.0 cm³/mol. The van der Waals surface area contributed by atoms with Gasteiger partial charge in [0.25, 0.3) is 0 Å². The van der Waals surface area contributed by atoms with E-state index in [0.717, 1.165) is 37.4 Å². The van der Waals surface area contributed by atoms with Gasteiger partial charge in [0, 0.05) is 19.1 Å². The highest BCUT2D eigenvalue weighted by molar-refractivity contribution is 4.90. The highest BCUT2D eigenvalue weighted by Crippen LogP contribution is 2.31. The normalized spacial score (nSPS) is 24.2. The van der Waals surface area contributed by atoms with Crippen molar-refractivity contribution in [1.82, 2.24) is 10.4 Å². The van der Waals surface area contributed by atoms with Gasteiger partial charge in [0.2, 0.25) is 0 Å². The average Bonchev–Trinajstić information content (AvgIpc) is 2.55. The minimum absolute atomic E-state index is 0.338. The molecule has 0 radical (unpaired) electrons. The summed E-state index contributed by atoms with van der Waals surface area (Å²) in [5.41, 5.74) is 0.338. The third kappa shape index (κ3) is 4.38. The van der Waals surface area contributed by atoms with Gasteiger partial charge in [0.1, 0.15) is 0 Å². The van der Waals surface area contributed by atoms with Crippen LogP contribution in [0.1, 0.15) is 52.9 Å². The van der Waals surface area contributed by atoms with Crippen molar-refractivity contribution in [3.05, 3.63) is 0 Å². The lowest BCUT2D eigenvalue weighted by Gasteiger charge is -2.27. The van der Waals surface area contributed by atoms with E-state index in [1.54, 1.807) is 0 Å². The molecule has 0 spiro atoms. The molecule has 1 rings (SSSR count). The Bertz CT molecular complexity index is 194. The van der Waals surface area contributed by atoms with Crippen molar-refractivity contribution < 1.29 is 4.48 Å². The van der Waals surface area contributed by atoms with Gasteiger partial charge in [-0.15, -0.1) is 9.60 Å². The Balaban J connectivity index is 2.14. The van der Waals surface area contributed by atoms with E-state index in [1.165, 1.54) is 6.42 Å². The van der Waals surface area contributed by atoms with Crippen LogP contribution in [0, 0.1) is 5.41 Å². The first-order chi connectivity index (χ1) is 7.56. The van der Waals surface area contributed by atoms with Gasteiger partial charge >= 0.3 is 0 Å². The van der Waals surface area contributed by atoms with E-state index in [2.05, 4.69) is 26.1 Å². The quantitative estimate of drug-likeness (QED) is 0.534. The number of unbranched alkanes of at least 4 members (excludes halogenated alkanes) is 2. The maximum atomic E-state index is 13.4. The second kappa shape index (κ2) is 6.55. The van der Waals surface area contributed by atoms with Crippen molar-refractivity contribution in [2.24, 2.45) is 5.41 Å². The van der Waals surface area contributed by atoms with Crippen molar-refractivity contribution in [2.45, 2.75) is 58.9 Å². The fourth-order valence-corrected chi connectivity index (χ4v) is 2.43. The molecular formula is C13H27FN2. The first kappa shape index (κ1) is 13.9. The summed E-state index contributed by atoms with van der Waals surface area (Å²) >= 11 is 0. The highest BCUT2D eigenvalue weighted by Gasteiger charge is 2.33. The van der Waals surface area contributed by atoms with Crippen molar-refractivity contribution in [3.63, 3.8) is 0 Å². The molecule has 1 aliphatic rings. The zero-order valence-electron chi connectivity index (χ0n) is 11.1. The van der Waals surface area contributed by atoms with E-state index in [4.69, 9.17) is 0 Å². The third-order valence-electron chi connectivity index (χ3n) is 3.77. The lowest BCUT2D eigenvalue weighted by Crippen LogP contribution is -2.35. The third-order valence-corrected chi connectivity index (χ3v) is 3.77. The molecule has 1 N–H and O–H groups in total. The summed E-state index contributed by atoms with van der Waals surface area (Å²) in [6.45, 7) is 8.95. The van der Waals surface area contributed by atoms with Crippen molar-refractivity contribution in [2.75, 3.05) is 19.6 Å². The molecule has 16 heavy (non-hydrogen) atoms. The van der Waals surface area contributed by atoms with Gasteiger partial charge < -0.3 is 5.32 Å². The van der Waals surface area contributed by atoms with Gasteiger partial charge in [-0.05, 0) is 31.2 Å². The van der Waals surface area contributed by atoms with Crippen molar-refractivity contribution in [1.29, 1.82) is 0 Å². The highest BCUT2D eigenvalue weighted by atomic mass is 19.2. The Morgan fingerprint density at radius 3 is 2.62 bits per heavy atom. The summed E-state index contributed by atoms with van der Waals surface area (Å²) in [5, 5.41) is 4.47. The van der Waals surface area contributed by atoms with Crippen LogP contribution in [0.3, 0.4) is 0 Å². The summed E-state index contributed by atoms with van der Waals surface area (Å²) in [4.78, 5) is 0. The average molecular weight is 230 g/mol. The van der Waals surface area contributed by atoms with E-state index < -0.39 is 0 Å². The van der Waals surface area contributed by atoms with Gasteiger partial charge in [-0.25, -0.2) is 0 Å². The van der Waals surface area contributed by atoms with E-state index in [1.807, 2.05) is 0 Å². The lowest BCUT2D eigenvalue weighted by molar-refractivity contribution is 0.0169. The molecule has 0 aromatic carbocycles. The van der Waals surface area contributed by atoms with Gasteiger partial charge in [-0.2, -0.15) is 0 Å². The number of nitrogens with one attached hydrogen (secondary N) is 1. The molecular weight excluding hydrogens is 203 g/mol. The van der Waals surface area contributed by atoms with Crippen LogP contribution in [-0.4, -0.2) is 30.8 Å². The molecule has 1 saturated heterocycles. The number of hydrogen-bond acceptors (Lipinski definition) is 2. The number of halogens is 1. The van der Waals surface area contributed by atoms with Crippen molar-refractivity contribution >= 4 is 0 Å². The molecule has 0 aromatic heterocycles. The molecule has 2 nitrogen and oxygen atoms in total. The second-order valence-electron chi connectivity index (χ2n) is 5.65. The topological polar surface area (TPSA) is 15.3 Å². The fourth-order valence-electron chi connectivity index (χ4n) is 2.43. The first-order valence-corrected chi connectivity index (χ1v) is 6.70. The van der Waals surface area contributed by atoms with Crippen LogP contribution >= 0.6 is 0 Å². The van der Waals surface area contributed by atoms with Gasteiger partial charge in [-0.1, -0.05) is 33.6 Å². The molecule has 0 amide bonds. The molecule has 0 aromatic rings. The Hall–Kier alpha value is -0.150. The molecule has 1 fully saturated rings. The molecule has 1 unspecified atom stereocenters. The zero-order chi connectivity index (χ0) is 12.0. The van der Waals surface area contributed by atoms with Crippen LogP contribution in [0.15, 0.2) is 0 Å². The Morgan fingerprint density at radius 2 is 2.06 bits per heavy atom. The maximum absolute atomic E-state index is 13.4. The summed E-state index contributed by atoms with van der Waals surface area (Å²) in [6, 6.07) is 0.483. The monoisotopic (exact) mass is 230 g/mol. The number of hydrogen-bond donors (Lipinski definition) is 1. The summed E-state index contributed by atoms with van der Waals surface area (Å²) in [5.74, 6) is 0.